The molecule has 0 amide bonds. The Morgan fingerprint density at radius 2 is 1.93 bits per heavy atom. The molecule has 0 aliphatic rings. The Labute approximate surface area is 85.9 Å². The molecule has 2 atom stereocenters. The van der Waals surface area contributed by atoms with Gasteiger partial charge >= 0.3 is 0 Å². The summed E-state index contributed by atoms with van der Waals surface area (Å²) in [6.07, 6.45) is 1.76. The van der Waals surface area contributed by atoms with Crippen molar-refractivity contribution in [2.24, 2.45) is 5.92 Å². The monoisotopic (exact) mass is 196 g/mol. The lowest BCUT2D eigenvalue weighted by molar-refractivity contribution is 0.339. The fraction of sp³-hybridized carbons (Fsp3) is 0.727. The second kappa shape index (κ2) is 4.60. The maximum atomic E-state index is 5.45. The molecule has 0 spiro atoms. The predicted octanol–water partition coefficient (Wildman–Crippen LogP) is 2.68. The molecule has 0 radical (unpaired) electrons. The number of hydrogen-bond donors (Lipinski definition) is 1. The van der Waals surface area contributed by atoms with E-state index < -0.39 is 0 Å². The first kappa shape index (κ1) is 11.2. The minimum absolute atomic E-state index is 0.182. The van der Waals surface area contributed by atoms with Gasteiger partial charge in [-0.25, -0.2) is 4.98 Å². The molecule has 3 nitrogen and oxygen atoms in total. The van der Waals surface area contributed by atoms with E-state index in [1.54, 1.807) is 6.20 Å². The molecule has 2 unspecified atom stereocenters. The molecule has 80 valence electrons. The van der Waals surface area contributed by atoms with E-state index >= 15 is 0 Å². The van der Waals surface area contributed by atoms with E-state index in [9.17, 15) is 0 Å². The van der Waals surface area contributed by atoms with Crippen molar-refractivity contribution in [2.45, 2.75) is 46.7 Å². The minimum atomic E-state index is 0.182. The molecule has 0 aromatic carbocycles. The van der Waals surface area contributed by atoms with Gasteiger partial charge in [0, 0.05) is 6.04 Å². The lowest BCUT2D eigenvalue weighted by Crippen LogP contribution is -2.33. The van der Waals surface area contributed by atoms with E-state index in [4.69, 9.17) is 4.42 Å². The molecule has 0 aliphatic heterocycles. The molecule has 3 heteroatoms. The molecule has 0 fully saturated rings. The Morgan fingerprint density at radius 1 is 1.29 bits per heavy atom. The summed E-state index contributed by atoms with van der Waals surface area (Å²) in [7, 11) is 0. The van der Waals surface area contributed by atoms with Gasteiger partial charge in [-0.1, -0.05) is 13.8 Å². The van der Waals surface area contributed by atoms with Crippen LogP contribution in [0.5, 0.6) is 0 Å². The third-order valence-electron chi connectivity index (χ3n) is 2.52. The zero-order chi connectivity index (χ0) is 10.7. The summed E-state index contributed by atoms with van der Waals surface area (Å²) in [6.45, 7) is 10.6. The fourth-order valence-electron chi connectivity index (χ4n) is 1.23. The van der Waals surface area contributed by atoms with Crippen LogP contribution in [0, 0.1) is 12.8 Å². The summed E-state index contributed by atoms with van der Waals surface area (Å²) >= 11 is 0. The van der Waals surface area contributed by atoms with Gasteiger partial charge in [0.05, 0.1) is 12.2 Å². The van der Waals surface area contributed by atoms with Gasteiger partial charge in [-0.05, 0) is 26.7 Å². The number of oxazole rings is 1. The van der Waals surface area contributed by atoms with Crippen molar-refractivity contribution in [3.8, 4) is 0 Å². The van der Waals surface area contributed by atoms with Crippen LogP contribution in [0.3, 0.4) is 0 Å². The number of aryl methyl sites for hydroxylation is 1. The molecule has 0 bridgehead atoms. The zero-order valence-corrected chi connectivity index (χ0v) is 9.66. The van der Waals surface area contributed by atoms with Gasteiger partial charge in [0.1, 0.15) is 5.76 Å². The second-order valence-electron chi connectivity index (χ2n) is 4.23. The molecule has 14 heavy (non-hydrogen) atoms. The van der Waals surface area contributed by atoms with Crippen LogP contribution in [0.15, 0.2) is 10.6 Å². The maximum absolute atomic E-state index is 5.45. The van der Waals surface area contributed by atoms with Crippen LogP contribution in [0.4, 0.5) is 0 Å². The van der Waals surface area contributed by atoms with Crippen LogP contribution in [-0.4, -0.2) is 11.0 Å². The van der Waals surface area contributed by atoms with Gasteiger partial charge in [0.15, 0.2) is 0 Å². The predicted molar refractivity (Wildman–Crippen MR) is 57.1 cm³/mol. The van der Waals surface area contributed by atoms with E-state index in [-0.39, 0.29) is 6.04 Å². The average molecular weight is 196 g/mol. The number of hydrogen-bond acceptors (Lipinski definition) is 3. The quantitative estimate of drug-likeness (QED) is 0.804. The molecule has 1 rings (SSSR count). The van der Waals surface area contributed by atoms with E-state index in [0.717, 1.165) is 11.7 Å². The summed E-state index contributed by atoms with van der Waals surface area (Å²) in [6, 6.07) is 0.651. The highest BCUT2D eigenvalue weighted by molar-refractivity contribution is 4.95. The summed E-state index contributed by atoms with van der Waals surface area (Å²) in [5.74, 6) is 2.26. The Balaban J connectivity index is 2.54. The van der Waals surface area contributed by atoms with E-state index in [2.05, 4.69) is 38.0 Å². The van der Waals surface area contributed by atoms with Gasteiger partial charge in [0.25, 0.3) is 0 Å². The van der Waals surface area contributed by atoms with Crippen molar-refractivity contribution >= 4 is 0 Å². The van der Waals surface area contributed by atoms with Crippen molar-refractivity contribution in [3.05, 3.63) is 17.8 Å². The summed E-state index contributed by atoms with van der Waals surface area (Å²) in [5.41, 5.74) is 0. The standard InChI is InChI=1S/C11H20N2O/c1-7(2)9(4)13-10(5)11-12-6-8(3)14-11/h6-7,9-10,13H,1-5H3. The molecule has 1 aromatic heterocycles. The number of aromatic nitrogens is 1. The average Bonchev–Trinajstić information content (AvgIpc) is 2.51. The largest absolute Gasteiger partial charge is 0.444 e. The molecular formula is C11H20N2O. The summed E-state index contributed by atoms with van der Waals surface area (Å²) in [5, 5.41) is 3.45. The highest BCUT2D eigenvalue weighted by Crippen LogP contribution is 2.14. The van der Waals surface area contributed by atoms with Crippen LogP contribution in [0.1, 0.15) is 45.4 Å². The fourth-order valence-corrected chi connectivity index (χ4v) is 1.23. The van der Waals surface area contributed by atoms with Crippen molar-refractivity contribution in [1.82, 2.24) is 10.3 Å². The van der Waals surface area contributed by atoms with Gasteiger partial charge in [-0.2, -0.15) is 0 Å². The van der Waals surface area contributed by atoms with Crippen molar-refractivity contribution in [1.29, 1.82) is 0 Å². The molecule has 1 N–H and O–H groups in total. The van der Waals surface area contributed by atoms with Gasteiger partial charge in [0.2, 0.25) is 5.89 Å². The van der Waals surface area contributed by atoms with Crippen LogP contribution >= 0.6 is 0 Å². The molecule has 0 aliphatic carbocycles. The lowest BCUT2D eigenvalue weighted by Gasteiger charge is -2.20. The third kappa shape index (κ3) is 2.84. The number of nitrogens with one attached hydrogen (secondary N) is 1. The van der Waals surface area contributed by atoms with Crippen molar-refractivity contribution in [2.75, 3.05) is 0 Å². The van der Waals surface area contributed by atoms with Crippen molar-refractivity contribution in [3.63, 3.8) is 0 Å². The molecule has 1 heterocycles. The molecular weight excluding hydrogens is 176 g/mol. The first-order valence-electron chi connectivity index (χ1n) is 5.19. The highest BCUT2D eigenvalue weighted by Gasteiger charge is 2.15. The maximum Gasteiger partial charge on any atom is 0.211 e. The molecule has 0 saturated heterocycles. The zero-order valence-electron chi connectivity index (χ0n) is 9.66. The summed E-state index contributed by atoms with van der Waals surface area (Å²) in [4.78, 5) is 4.20. The Kier molecular flexibility index (Phi) is 3.69. The van der Waals surface area contributed by atoms with Crippen LogP contribution < -0.4 is 5.32 Å². The van der Waals surface area contributed by atoms with E-state index in [1.165, 1.54) is 0 Å². The highest BCUT2D eigenvalue weighted by atomic mass is 16.4. The Morgan fingerprint density at radius 3 is 2.36 bits per heavy atom. The Bertz CT molecular complexity index is 281. The van der Waals surface area contributed by atoms with Crippen LogP contribution in [0.25, 0.3) is 0 Å². The van der Waals surface area contributed by atoms with E-state index in [1.807, 2.05) is 6.92 Å². The molecule has 0 saturated carbocycles. The second-order valence-corrected chi connectivity index (χ2v) is 4.23. The first-order valence-corrected chi connectivity index (χ1v) is 5.19. The minimum Gasteiger partial charge on any atom is -0.444 e. The smallest absolute Gasteiger partial charge is 0.211 e. The van der Waals surface area contributed by atoms with Gasteiger partial charge in [-0.15, -0.1) is 0 Å². The van der Waals surface area contributed by atoms with Crippen LogP contribution in [-0.2, 0) is 0 Å². The van der Waals surface area contributed by atoms with Gasteiger partial charge < -0.3 is 9.73 Å². The Hall–Kier alpha value is -0.830. The van der Waals surface area contributed by atoms with Gasteiger partial charge in [-0.3, -0.25) is 0 Å². The lowest BCUT2D eigenvalue weighted by atomic mass is 10.1. The number of rotatable bonds is 4. The third-order valence-corrected chi connectivity index (χ3v) is 2.52. The topological polar surface area (TPSA) is 38.1 Å². The van der Waals surface area contributed by atoms with E-state index in [0.29, 0.717) is 12.0 Å². The summed E-state index contributed by atoms with van der Waals surface area (Å²) < 4.78 is 5.45. The van der Waals surface area contributed by atoms with Crippen LogP contribution in [0.2, 0.25) is 0 Å². The molecule has 1 aromatic rings. The SMILES string of the molecule is Cc1cnc(C(C)NC(C)C(C)C)o1. The van der Waals surface area contributed by atoms with Crippen molar-refractivity contribution < 1.29 is 4.42 Å². The normalized spacial score (nSPS) is 15.9. The number of nitrogens with zero attached hydrogens (tertiary/aromatic N) is 1. The first-order chi connectivity index (χ1) is 6.50.